The highest BCUT2D eigenvalue weighted by Crippen LogP contribution is 2.40. The molecule has 0 radical (unpaired) electrons. The molecule has 3 heterocycles. The molecule has 0 saturated carbocycles. The Hall–Kier alpha value is -3.05. The second-order valence-electron chi connectivity index (χ2n) is 12.3. The van der Waals surface area contributed by atoms with Crippen molar-refractivity contribution in [1.29, 1.82) is 0 Å². The van der Waals surface area contributed by atoms with Crippen molar-refractivity contribution in [3.8, 4) is 5.69 Å². The summed E-state index contributed by atoms with van der Waals surface area (Å²) in [5.41, 5.74) is 8.19. The number of rotatable bonds is 0. The van der Waals surface area contributed by atoms with Crippen LogP contribution >= 0.6 is 11.8 Å². The minimum Gasteiger partial charge on any atom is -0.231 e. The highest BCUT2D eigenvalue weighted by Gasteiger charge is 2.41. The van der Waals surface area contributed by atoms with Crippen molar-refractivity contribution >= 4 is 56.5 Å². The fourth-order valence-electron chi connectivity index (χ4n) is 5.90. The van der Waals surface area contributed by atoms with Crippen LogP contribution in [0, 0.1) is 5.95 Å². The summed E-state index contributed by atoms with van der Waals surface area (Å²) < 4.78 is 17.6. The van der Waals surface area contributed by atoms with Crippen LogP contribution in [0.25, 0.3) is 27.4 Å². The fraction of sp³-hybridized carbons (Fsp3) is 0.258. The SMILES string of the molecule is CC(C)(C)c1ccc2c(c1)B1c3c(cc(C(C)(C)C)cc3-n3nc(F)c4c5ccccc5cc1c43)S2. The Kier molecular flexibility index (Phi) is 4.34. The van der Waals surface area contributed by atoms with Gasteiger partial charge in [0.1, 0.15) is 0 Å². The average Bonchev–Trinajstić information content (AvgIpc) is 3.17. The predicted octanol–water partition coefficient (Wildman–Crippen LogP) is 6.21. The number of halogens is 1. The van der Waals surface area contributed by atoms with Gasteiger partial charge in [-0.05, 0) is 61.9 Å². The molecule has 2 aliphatic rings. The molecule has 178 valence electrons. The quantitative estimate of drug-likeness (QED) is 0.236. The van der Waals surface area contributed by atoms with E-state index in [1.165, 1.54) is 31.8 Å². The molecule has 0 spiro atoms. The van der Waals surface area contributed by atoms with E-state index in [0.717, 1.165) is 27.4 Å². The van der Waals surface area contributed by atoms with Gasteiger partial charge in [-0.25, -0.2) is 4.68 Å². The minimum absolute atomic E-state index is 0.0353. The first-order valence-electron chi connectivity index (χ1n) is 12.6. The first-order chi connectivity index (χ1) is 17.0. The summed E-state index contributed by atoms with van der Waals surface area (Å²) in [5.74, 6) is -0.395. The maximum absolute atomic E-state index is 15.7. The monoisotopic (exact) mass is 490 g/mol. The summed E-state index contributed by atoms with van der Waals surface area (Å²) in [5, 5.41) is 7.13. The molecular formula is C31H28BFN2S. The van der Waals surface area contributed by atoms with Crippen LogP contribution in [0.2, 0.25) is 0 Å². The zero-order valence-electron chi connectivity index (χ0n) is 21.5. The third-order valence-electron chi connectivity index (χ3n) is 7.88. The molecule has 0 atom stereocenters. The van der Waals surface area contributed by atoms with Crippen LogP contribution in [0.5, 0.6) is 0 Å². The molecule has 0 unspecified atom stereocenters. The molecule has 36 heavy (non-hydrogen) atoms. The molecule has 7 rings (SSSR count). The van der Waals surface area contributed by atoms with Gasteiger partial charge in [-0.2, -0.15) is 4.39 Å². The second-order valence-corrected chi connectivity index (χ2v) is 13.4. The van der Waals surface area contributed by atoms with Gasteiger partial charge in [-0.15, -0.1) is 5.10 Å². The molecule has 5 heteroatoms. The normalized spacial score (nSPS) is 14.4. The molecular weight excluding hydrogens is 462 g/mol. The van der Waals surface area contributed by atoms with Crippen LogP contribution in [0.15, 0.2) is 70.5 Å². The number of nitrogens with zero attached hydrogens (tertiary/aromatic N) is 2. The minimum atomic E-state index is -0.395. The Labute approximate surface area is 216 Å². The predicted molar refractivity (Wildman–Crippen MR) is 151 cm³/mol. The summed E-state index contributed by atoms with van der Waals surface area (Å²) in [7, 11) is 0. The van der Waals surface area contributed by atoms with Crippen molar-refractivity contribution in [1.82, 2.24) is 9.78 Å². The topological polar surface area (TPSA) is 17.8 Å². The van der Waals surface area contributed by atoms with E-state index in [4.69, 9.17) is 0 Å². The lowest BCUT2D eigenvalue weighted by atomic mass is 9.35. The highest BCUT2D eigenvalue weighted by atomic mass is 32.2. The van der Waals surface area contributed by atoms with E-state index in [1.807, 2.05) is 34.6 Å². The number of benzene rings is 4. The number of hydrogen-bond donors (Lipinski definition) is 0. The van der Waals surface area contributed by atoms with Crippen LogP contribution < -0.4 is 16.4 Å². The van der Waals surface area contributed by atoms with Gasteiger partial charge in [0.25, 0.3) is 0 Å². The summed E-state index contributed by atoms with van der Waals surface area (Å²) >= 11 is 1.84. The zero-order valence-corrected chi connectivity index (χ0v) is 22.3. The zero-order chi connectivity index (χ0) is 25.1. The average molecular weight is 490 g/mol. The Morgan fingerprint density at radius 1 is 0.806 bits per heavy atom. The third-order valence-corrected chi connectivity index (χ3v) is 9.03. The Morgan fingerprint density at radius 2 is 1.56 bits per heavy atom. The van der Waals surface area contributed by atoms with Crippen molar-refractivity contribution in [2.45, 2.75) is 62.2 Å². The summed E-state index contributed by atoms with van der Waals surface area (Å²) in [6.07, 6.45) is 0. The first-order valence-corrected chi connectivity index (χ1v) is 13.4. The second kappa shape index (κ2) is 7.04. The van der Waals surface area contributed by atoms with E-state index in [9.17, 15) is 0 Å². The lowest BCUT2D eigenvalue weighted by molar-refractivity contribution is 0.573. The lowest BCUT2D eigenvalue weighted by Crippen LogP contribution is -2.59. The molecule has 5 aromatic rings. The number of fused-ring (bicyclic) bond motifs is 6. The number of aromatic nitrogens is 2. The van der Waals surface area contributed by atoms with Gasteiger partial charge in [0.15, 0.2) is 0 Å². The molecule has 0 N–H and O–H groups in total. The van der Waals surface area contributed by atoms with Crippen LogP contribution in [0.3, 0.4) is 0 Å². The van der Waals surface area contributed by atoms with Gasteiger partial charge >= 0.3 is 0 Å². The largest absolute Gasteiger partial charge is 0.249 e. The standard InChI is InChI=1S/C31H28BFN2S/c1-30(2,3)18-11-12-24-21(14-18)32-22-13-17-9-7-8-10-20(17)26-28(22)35(34-29(26)33)23-15-19(31(4,5)6)16-25(36-24)27(23)32/h7-16H,1-6H3. The van der Waals surface area contributed by atoms with Crippen LogP contribution in [0.1, 0.15) is 52.7 Å². The Bertz CT molecular complexity index is 1750. The molecule has 2 aliphatic heterocycles. The molecule has 1 aromatic heterocycles. The molecule has 0 bridgehead atoms. The van der Waals surface area contributed by atoms with E-state index in [0.29, 0.717) is 5.39 Å². The maximum atomic E-state index is 15.7. The molecule has 2 nitrogen and oxygen atoms in total. The van der Waals surface area contributed by atoms with Crippen molar-refractivity contribution in [2.75, 3.05) is 0 Å². The van der Waals surface area contributed by atoms with Crippen molar-refractivity contribution in [3.63, 3.8) is 0 Å². The number of hydrogen-bond acceptors (Lipinski definition) is 2. The van der Waals surface area contributed by atoms with Crippen LogP contribution in [-0.2, 0) is 10.8 Å². The van der Waals surface area contributed by atoms with Gasteiger partial charge in [-0.1, -0.05) is 101 Å². The van der Waals surface area contributed by atoms with Gasteiger partial charge < -0.3 is 0 Å². The van der Waals surface area contributed by atoms with Gasteiger partial charge in [0, 0.05) is 9.79 Å². The molecule has 4 aromatic carbocycles. The van der Waals surface area contributed by atoms with E-state index in [1.54, 1.807) is 0 Å². The smallest absolute Gasteiger partial charge is 0.231 e. The van der Waals surface area contributed by atoms with Crippen molar-refractivity contribution in [3.05, 3.63) is 77.7 Å². The third kappa shape index (κ3) is 2.95. The Balaban J connectivity index is 1.66. The van der Waals surface area contributed by atoms with E-state index in [-0.39, 0.29) is 17.5 Å². The Morgan fingerprint density at radius 3 is 2.31 bits per heavy atom. The molecule has 0 saturated heterocycles. The van der Waals surface area contributed by atoms with Crippen molar-refractivity contribution in [2.24, 2.45) is 0 Å². The van der Waals surface area contributed by atoms with E-state index in [2.05, 4.69) is 89.1 Å². The van der Waals surface area contributed by atoms with Gasteiger partial charge in [0.05, 0.1) is 16.6 Å². The van der Waals surface area contributed by atoms with E-state index < -0.39 is 5.95 Å². The highest BCUT2D eigenvalue weighted by molar-refractivity contribution is 8.00. The first kappa shape index (κ1) is 22.2. The fourth-order valence-corrected chi connectivity index (χ4v) is 7.09. The van der Waals surface area contributed by atoms with Gasteiger partial charge in [0.2, 0.25) is 12.7 Å². The van der Waals surface area contributed by atoms with E-state index >= 15 is 4.39 Å². The molecule has 0 amide bonds. The molecule has 0 aliphatic carbocycles. The lowest BCUT2D eigenvalue weighted by Gasteiger charge is -2.35. The summed E-state index contributed by atoms with van der Waals surface area (Å²) in [4.78, 5) is 2.54. The summed E-state index contributed by atoms with van der Waals surface area (Å²) in [6.45, 7) is 13.5. The van der Waals surface area contributed by atoms with Crippen LogP contribution in [0.4, 0.5) is 4.39 Å². The summed E-state index contributed by atoms with van der Waals surface area (Å²) in [6, 6.07) is 21.9. The van der Waals surface area contributed by atoms with Crippen molar-refractivity contribution < 1.29 is 4.39 Å². The van der Waals surface area contributed by atoms with Crippen LogP contribution in [-0.4, -0.2) is 16.5 Å². The maximum Gasteiger partial charge on any atom is 0.249 e. The van der Waals surface area contributed by atoms with Gasteiger partial charge in [-0.3, -0.25) is 0 Å². The molecule has 0 fully saturated rings.